The lowest BCUT2D eigenvalue weighted by Crippen LogP contribution is -2.47. The van der Waals surface area contributed by atoms with E-state index in [9.17, 15) is 24.4 Å². The standard InChI is InChI=1S/C36H41N7O5/c1-20(40-19-31(44)42-27(18-37)15-25-16-30(25)42)17-36(34-41-35(47)48-43(34)26-5-3-2-4-6-26)28-11-9-23(32(38)45)13-21(28)7-8-22-14-24(33(39)46)10-12-29(22)36/h9-14,20,25-27,30,40H,2-8,15-17,19H2,1H3,(H2,38,45)(H2,39,46)/t20-,25-,27?,30+/m1/s1. The molecule has 12 heteroatoms. The third-order valence-electron chi connectivity index (χ3n) is 11.0. The number of carbonyl (C=O) groups excluding carboxylic acids is 3. The number of hydrogen-bond donors (Lipinski definition) is 3. The number of likely N-dealkylation sites (tertiary alicyclic amines) is 1. The van der Waals surface area contributed by atoms with Gasteiger partial charge < -0.3 is 26.2 Å². The molecule has 2 aromatic carbocycles. The number of primary amides is 2. The zero-order valence-corrected chi connectivity index (χ0v) is 27.1. The second kappa shape index (κ2) is 12.4. The molecule has 3 amide bonds. The van der Waals surface area contributed by atoms with Gasteiger partial charge >= 0.3 is 5.76 Å². The van der Waals surface area contributed by atoms with Crippen LogP contribution in [0.1, 0.15) is 113 Å². The van der Waals surface area contributed by atoms with Gasteiger partial charge in [-0.3, -0.25) is 14.4 Å². The number of carbonyl (C=O) groups is 3. The summed E-state index contributed by atoms with van der Waals surface area (Å²) in [5, 5.41) is 13.1. The van der Waals surface area contributed by atoms with Crippen LogP contribution in [0.5, 0.6) is 0 Å². The van der Waals surface area contributed by atoms with Crippen molar-refractivity contribution in [1.82, 2.24) is 19.9 Å². The zero-order chi connectivity index (χ0) is 33.7. The molecule has 7 rings (SSSR count). The minimum Gasteiger partial charge on any atom is -0.366 e. The van der Waals surface area contributed by atoms with Crippen molar-refractivity contribution in [1.29, 1.82) is 5.26 Å². The number of aromatic nitrogens is 2. The normalized spacial score (nSPS) is 23.2. The average Bonchev–Trinajstić information content (AvgIpc) is 3.61. The van der Waals surface area contributed by atoms with Gasteiger partial charge in [-0.15, -0.1) is 0 Å². The molecule has 1 unspecified atom stereocenters. The summed E-state index contributed by atoms with van der Waals surface area (Å²) in [6.07, 6.45) is 7.88. The molecule has 0 bridgehead atoms. The quantitative estimate of drug-likeness (QED) is 0.315. The number of nitrogens with zero attached hydrogens (tertiary/aromatic N) is 4. The van der Waals surface area contributed by atoms with E-state index in [-0.39, 0.29) is 30.6 Å². The van der Waals surface area contributed by atoms with Gasteiger partial charge in [0.05, 0.1) is 24.1 Å². The van der Waals surface area contributed by atoms with E-state index >= 15 is 0 Å². The maximum atomic E-state index is 13.5. The van der Waals surface area contributed by atoms with E-state index in [0.717, 1.165) is 67.2 Å². The van der Waals surface area contributed by atoms with Gasteiger partial charge in [-0.1, -0.05) is 31.4 Å². The number of hydrogen-bond acceptors (Lipinski definition) is 8. The number of aryl methyl sites for hydroxylation is 2. The van der Waals surface area contributed by atoms with Crippen LogP contribution in [0.2, 0.25) is 0 Å². The molecule has 12 nitrogen and oxygen atoms in total. The van der Waals surface area contributed by atoms with Crippen LogP contribution in [0.4, 0.5) is 0 Å². The maximum absolute atomic E-state index is 13.5. The van der Waals surface area contributed by atoms with Crippen molar-refractivity contribution in [3.05, 3.63) is 86.2 Å². The summed E-state index contributed by atoms with van der Waals surface area (Å²) in [5.41, 5.74) is 14.5. The van der Waals surface area contributed by atoms with Gasteiger partial charge in [-0.25, -0.2) is 4.79 Å². The molecular weight excluding hydrogens is 610 g/mol. The Morgan fingerprint density at radius 3 is 2.23 bits per heavy atom. The Balaban J connectivity index is 1.37. The van der Waals surface area contributed by atoms with Crippen molar-refractivity contribution in [3.63, 3.8) is 0 Å². The van der Waals surface area contributed by atoms with Crippen LogP contribution in [0, 0.1) is 17.2 Å². The Kier molecular flexibility index (Phi) is 8.19. The predicted octanol–water partition coefficient (Wildman–Crippen LogP) is 2.85. The van der Waals surface area contributed by atoms with Crippen LogP contribution >= 0.6 is 0 Å². The molecule has 1 aliphatic heterocycles. The average molecular weight is 652 g/mol. The number of amides is 3. The minimum absolute atomic E-state index is 0.0494. The molecule has 3 aromatic rings. The summed E-state index contributed by atoms with van der Waals surface area (Å²) in [4.78, 5) is 57.7. The lowest BCUT2D eigenvalue weighted by molar-refractivity contribution is -0.131. The van der Waals surface area contributed by atoms with Gasteiger partial charge in [0.25, 0.3) is 0 Å². The number of piperidine rings is 1. The summed E-state index contributed by atoms with van der Waals surface area (Å²) in [6.45, 7) is 2.04. The Bertz CT molecular complexity index is 1820. The molecule has 250 valence electrons. The molecule has 48 heavy (non-hydrogen) atoms. The van der Waals surface area contributed by atoms with E-state index in [1.165, 1.54) is 0 Å². The molecule has 2 saturated carbocycles. The highest BCUT2D eigenvalue weighted by molar-refractivity contribution is 5.94. The molecule has 5 N–H and O–H groups in total. The summed E-state index contributed by atoms with van der Waals surface area (Å²) in [7, 11) is 0. The molecule has 2 heterocycles. The Hall–Kier alpha value is -4.76. The number of nitriles is 1. The van der Waals surface area contributed by atoms with Crippen molar-refractivity contribution in [2.24, 2.45) is 17.4 Å². The molecule has 4 atom stereocenters. The van der Waals surface area contributed by atoms with E-state index in [1.807, 2.05) is 19.1 Å². The third-order valence-corrected chi connectivity index (χ3v) is 11.0. The third kappa shape index (κ3) is 5.49. The van der Waals surface area contributed by atoms with E-state index in [2.05, 4.69) is 16.4 Å². The molecule has 4 aliphatic rings. The van der Waals surface area contributed by atoms with Crippen molar-refractivity contribution < 1.29 is 18.9 Å². The molecular formula is C36H41N7O5. The summed E-state index contributed by atoms with van der Waals surface area (Å²) < 4.78 is 7.61. The highest BCUT2D eigenvalue weighted by Crippen LogP contribution is 2.49. The largest absolute Gasteiger partial charge is 0.459 e. The van der Waals surface area contributed by atoms with E-state index in [0.29, 0.717) is 42.1 Å². The second-order valence-electron chi connectivity index (χ2n) is 14.0. The molecule has 0 spiro atoms. The van der Waals surface area contributed by atoms with Crippen molar-refractivity contribution in [3.8, 4) is 6.07 Å². The Morgan fingerprint density at radius 1 is 1.02 bits per heavy atom. The highest BCUT2D eigenvalue weighted by atomic mass is 16.5. The number of fused-ring (bicyclic) bond motifs is 3. The topological polar surface area (TPSA) is 190 Å². The molecule has 3 aliphatic carbocycles. The monoisotopic (exact) mass is 651 g/mol. The molecule has 3 fully saturated rings. The first kappa shape index (κ1) is 31.8. The van der Waals surface area contributed by atoms with Gasteiger partial charge in [0, 0.05) is 23.2 Å². The summed E-state index contributed by atoms with van der Waals surface area (Å²) >= 11 is 0. The Labute approximate surface area is 278 Å². The van der Waals surface area contributed by atoms with Crippen molar-refractivity contribution in [2.75, 3.05) is 6.54 Å². The van der Waals surface area contributed by atoms with Crippen molar-refractivity contribution in [2.45, 2.75) is 101 Å². The van der Waals surface area contributed by atoms with Crippen LogP contribution in [0.3, 0.4) is 0 Å². The van der Waals surface area contributed by atoms with E-state index in [1.54, 1.807) is 33.9 Å². The number of rotatable bonds is 9. The summed E-state index contributed by atoms with van der Waals surface area (Å²) in [5.74, 6) is -1.04. The highest BCUT2D eigenvalue weighted by Gasteiger charge is 2.54. The van der Waals surface area contributed by atoms with Crippen LogP contribution in [-0.4, -0.2) is 57.0 Å². The first-order chi connectivity index (χ1) is 23.1. The number of benzene rings is 2. The van der Waals surface area contributed by atoms with Gasteiger partial charge in [0.2, 0.25) is 17.7 Å². The first-order valence-corrected chi connectivity index (χ1v) is 17.0. The van der Waals surface area contributed by atoms with Crippen LogP contribution in [0.25, 0.3) is 0 Å². The number of nitrogens with two attached hydrogens (primary N) is 2. The van der Waals surface area contributed by atoms with E-state index in [4.69, 9.17) is 16.0 Å². The molecule has 1 aromatic heterocycles. The minimum atomic E-state index is -1.09. The summed E-state index contributed by atoms with van der Waals surface area (Å²) in [6, 6.07) is 12.5. The fourth-order valence-electron chi connectivity index (χ4n) is 8.65. The SMILES string of the molecule is C[C@H](CC1(c2nc(=O)on2C2CCCCC2)c2ccc(C(N)=O)cc2CCc2cc(C(N)=O)ccc21)NCC(=O)N1C(C#N)C[C@@H]2C[C@@H]21. The lowest BCUT2D eigenvalue weighted by atomic mass is 9.67. The van der Waals surface area contributed by atoms with Crippen LogP contribution in [0.15, 0.2) is 45.7 Å². The first-order valence-electron chi connectivity index (χ1n) is 17.0. The number of nitrogens with one attached hydrogen (secondary N) is 1. The fraction of sp³-hybridized carbons (Fsp3) is 0.500. The van der Waals surface area contributed by atoms with Crippen molar-refractivity contribution >= 4 is 17.7 Å². The predicted molar refractivity (Wildman–Crippen MR) is 175 cm³/mol. The van der Waals surface area contributed by atoms with Gasteiger partial charge in [0.1, 0.15) is 6.04 Å². The zero-order valence-electron chi connectivity index (χ0n) is 27.1. The molecule has 1 saturated heterocycles. The smallest absolute Gasteiger partial charge is 0.366 e. The molecule has 0 radical (unpaired) electrons. The van der Waals surface area contributed by atoms with Gasteiger partial charge in [-0.2, -0.15) is 15.0 Å². The fourth-order valence-corrected chi connectivity index (χ4v) is 8.65. The van der Waals surface area contributed by atoms with Crippen LogP contribution in [-0.2, 0) is 23.1 Å². The second-order valence-corrected chi connectivity index (χ2v) is 14.0. The Morgan fingerprint density at radius 2 is 1.65 bits per heavy atom. The van der Waals surface area contributed by atoms with Gasteiger partial charge in [-0.05, 0) is 104 Å². The lowest BCUT2D eigenvalue weighted by Gasteiger charge is -2.39. The van der Waals surface area contributed by atoms with Crippen LogP contribution < -0.4 is 22.5 Å². The van der Waals surface area contributed by atoms with Gasteiger partial charge in [0.15, 0.2) is 5.82 Å². The maximum Gasteiger partial charge on any atom is 0.459 e. The van der Waals surface area contributed by atoms with E-state index < -0.39 is 29.0 Å².